The fourth-order valence-corrected chi connectivity index (χ4v) is 6.46. The molecule has 3 N–H and O–H groups in total. The van der Waals surface area contributed by atoms with Crippen LogP contribution in [0.25, 0.3) is 11.0 Å². The van der Waals surface area contributed by atoms with Crippen molar-refractivity contribution in [2.45, 2.75) is 36.2 Å². The number of fused-ring (bicyclic) bond motifs is 2. The third-order valence-electron chi connectivity index (χ3n) is 6.89. The van der Waals surface area contributed by atoms with Gasteiger partial charge in [0.2, 0.25) is 17.7 Å². The number of ether oxygens (including phenoxy) is 1. The number of nitrogens with zero attached hydrogens (tertiary/aromatic N) is 6. The average molecular weight is 544 g/mol. The van der Waals surface area contributed by atoms with Gasteiger partial charge in [0.1, 0.15) is 22.1 Å². The van der Waals surface area contributed by atoms with E-state index in [9.17, 15) is 13.9 Å². The first kappa shape index (κ1) is 24.6. The van der Waals surface area contributed by atoms with E-state index in [-0.39, 0.29) is 29.6 Å². The minimum Gasteiger partial charge on any atom is -0.467 e. The Balaban J connectivity index is 1.31. The maximum atomic E-state index is 15.0. The zero-order valence-electron chi connectivity index (χ0n) is 19.8. The predicted molar refractivity (Wildman–Crippen MR) is 130 cm³/mol. The van der Waals surface area contributed by atoms with Gasteiger partial charge in [-0.2, -0.15) is 4.39 Å². The fraction of sp³-hybridized carbons (Fsp3) is 0.333. The van der Waals surface area contributed by atoms with E-state index < -0.39 is 34.7 Å². The minimum absolute atomic E-state index is 0.0804. The molecule has 14 heteroatoms. The lowest BCUT2D eigenvalue weighted by atomic mass is 9.85. The van der Waals surface area contributed by atoms with Gasteiger partial charge in [-0.15, -0.1) is 0 Å². The van der Waals surface area contributed by atoms with Crippen LogP contribution in [-0.4, -0.2) is 52.5 Å². The van der Waals surface area contributed by atoms with Crippen LogP contribution in [0.5, 0.6) is 5.88 Å². The van der Waals surface area contributed by atoms with Crippen LogP contribution in [0.15, 0.2) is 52.6 Å². The van der Waals surface area contributed by atoms with E-state index in [0.29, 0.717) is 39.9 Å². The Labute approximate surface area is 217 Å². The maximum absolute atomic E-state index is 15.0. The number of thioether (sulfide) groups is 1. The standard InChI is InChI=1S/C24H20F3N7O3S/c1-22(20-23(11-35,24(20,26)27)38-21(28)34-22)13-6-12(8-32-19(13)25)7-15-18-14(2-3-29-15)33-16(9-31-18)37-10-17-30-4-5-36-17/h2-6,8-9,20,35H,7,10-11H2,1H3,(H2,28,34)/t20-,22+,23+/m0/s1. The SMILES string of the molecule is C[C@]1(c2cc(Cc3nccc4nc(OCc5ncco5)cnc34)cnc2F)N=C(N)S[C@]2(CO)[C@H]1C2(F)F. The highest BCUT2D eigenvalue weighted by Gasteiger charge is 2.87. The van der Waals surface area contributed by atoms with Crippen LogP contribution in [0.4, 0.5) is 13.2 Å². The molecule has 4 aromatic heterocycles. The molecule has 0 bridgehead atoms. The smallest absolute Gasteiger partial charge is 0.272 e. The minimum atomic E-state index is -3.30. The Kier molecular flexibility index (Phi) is 5.57. The maximum Gasteiger partial charge on any atom is 0.272 e. The number of aromatic nitrogens is 5. The van der Waals surface area contributed by atoms with Gasteiger partial charge in [0.25, 0.3) is 5.92 Å². The fourth-order valence-electron chi connectivity index (χ4n) is 5.09. The van der Waals surface area contributed by atoms with Crippen molar-refractivity contribution >= 4 is 28.0 Å². The molecule has 196 valence electrons. The van der Waals surface area contributed by atoms with Crippen LogP contribution >= 0.6 is 11.8 Å². The van der Waals surface area contributed by atoms with E-state index in [1.165, 1.54) is 37.8 Å². The third-order valence-corrected chi connectivity index (χ3v) is 8.19. The van der Waals surface area contributed by atoms with Gasteiger partial charge in [-0.3, -0.25) is 9.98 Å². The summed E-state index contributed by atoms with van der Waals surface area (Å²) in [6.07, 6.45) is 7.40. The first-order valence-corrected chi connectivity index (χ1v) is 12.3. The lowest BCUT2D eigenvalue weighted by Crippen LogP contribution is -2.37. The zero-order chi connectivity index (χ0) is 26.7. The summed E-state index contributed by atoms with van der Waals surface area (Å²) in [5, 5.41) is 9.64. The molecule has 0 unspecified atom stereocenters. The molecular formula is C24H20F3N7O3S. The summed E-state index contributed by atoms with van der Waals surface area (Å²) in [7, 11) is 0. The van der Waals surface area contributed by atoms with Gasteiger partial charge in [0, 0.05) is 24.4 Å². The summed E-state index contributed by atoms with van der Waals surface area (Å²) in [5.74, 6) is -5.04. The number of nitrogens with two attached hydrogens (primary N) is 1. The van der Waals surface area contributed by atoms with Gasteiger partial charge in [0.05, 0.1) is 36.1 Å². The normalized spacial score (nSPS) is 25.6. The molecule has 38 heavy (non-hydrogen) atoms. The van der Waals surface area contributed by atoms with E-state index in [0.717, 1.165) is 0 Å². The molecule has 4 aromatic rings. The second kappa shape index (κ2) is 8.63. The van der Waals surface area contributed by atoms with Crippen LogP contribution in [0.2, 0.25) is 0 Å². The van der Waals surface area contributed by atoms with Gasteiger partial charge >= 0.3 is 0 Å². The number of hydrogen-bond donors (Lipinski definition) is 2. The number of rotatable bonds is 7. The molecule has 1 aliphatic heterocycles. The highest BCUT2D eigenvalue weighted by Crippen LogP contribution is 2.74. The van der Waals surface area contributed by atoms with Crippen LogP contribution in [0.3, 0.4) is 0 Å². The summed E-state index contributed by atoms with van der Waals surface area (Å²) < 4.78 is 53.7. The molecule has 0 amide bonds. The molecule has 6 rings (SSSR count). The van der Waals surface area contributed by atoms with E-state index in [2.05, 4.69) is 29.9 Å². The topological polar surface area (TPSA) is 145 Å². The number of hydrogen-bond acceptors (Lipinski definition) is 11. The summed E-state index contributed by atoms with van der Waals surface area (Å²) in [6.45, 7) is 0.649. The van der Waals surface area contributed by atoms with Gasteiger partial charge in [0.15, 0.2) is 11.8 Å². The molecule has 1 fully saturated rings. The number of oxazole rings is 1. The molecule has 0 spiro atoms. The highest BCUT2D eigenvalue weighted by atomic mass is 32.2. The lowest BCUT2D eigenvalue weighted by Gasteiger charge is -2.31. The molecule has 2 aliphatic rings. The van der Waals surface area contributed by atoms with Crippen LogP contribution in [0, 0.1) is 11.9 Å². The van der Waals surface area contributed by atoms with Gasteiger partial charge < -0.3 is 20.0 Å². The van der Waals surface area contributed by atoms with Gasteiger partial charge in [-0.05, 0) is 24.6 Å². The van der Waals surface area contributed by atoms with E-state index in [4.69, 9.17) is 14.9 Å². The molecular weight excluding hydrogens is 523 g/mol. The molecule has 1 aliphatic carbocycles. The number of pyridine rings is 2. The molecule has 1 saturated carbocycles. The van der Waals surface area contributed by atoms with Crippen molar-refractivity contribution in [3.05, 3.63) is 71.8 Å². The first-order chi connectivity index (χ1) is 18.2. The molecule has 5 heterocycles. The highest BCUT2D eigenvalue weighted by molar-refractivity contribution is 8.15. The molecule has 0 aromatic carbocycles. The second-order valence-electron chi connectivity index (χ2n) is 9.21. The van der Waals surface area contributed by atoms with Crippen LogP contribution in [0.1, 0.15) is 29.6 Å². The number of aliphatic imine (C=N–C) groups is 1. The first-order valence-electron chi connectivity index (χ1n) is 11.5. The van der Waals surface area contributed by atoms with Crippen molar-refractivity contribution in [1.29, 1.82) is 0 Å². The van der Waals surface area contributed by atoms with Crippen molar-refractivity contribution in [3.8, 4) is 5.88 Å². The predicted octanol–water partition coefficient (Wildman–Crippen LogP) is 2.99. The van der Waals surface area contributed by atoms with Crippen molar-refractivity contribution in [2.75, 3.05) is 6.61 Å². The van der Waals surface area contributed by atoms with E-state index in [1.807, 2.05) is 0 Å². The Morgan fingerprint density at radius 1 is 1.18 bits per heavy atom. The number of alkyl halides is 2. The van der Waals surface area contributed by atoms with Crippen molar-refractivity contribution in [3.63, 3.8) is 0 Å². The summed E-state index contributed by atoms with van der Waals surface area (Å²) in [4.78, 5) is 25.3. The monoisotopic (exact) mass is 543 g/mol. The van der Waals surface area contributed by atoms with E-state index >= 15 is 4.39 Å². The lowest BCUT2D eigenvalue weighted by molar-refractivity contribution is 0.0684. The molecule has 10 nitrogen and oxygen atoms in total. The largest absolute Gasteiger partial charge is 0.467 e. The third kappa shape index (κ3) is 3.69. The van der Waals surface area contributed by atoms with E-state index in [1.54, 1.807) is 12.3 Å². The van der Waals surface area contributed by atoms with Crippen LogP contribution < -0.4 is 10.5 Å². The van der Waals surface area contributed by atoms with Crippen molar-refractivity contribution in [1.82, 2.24) is 24.9 Å². The second-order valence-corrected chi connectivity index (χ2v) is 10.6. The molecule has 3 atom stereocenters. The Morgan fingerprint density at radius 2 is 2.03 bits per heavy atom. The number of aliphatic hydroxyl groups is 1. The number of aliphatic hydroxyl groups excluding tert-OH is 1. The molecule has 0 radical (unpaired) electrons. The van der Waals surface area contributed by atoms with Crippen molar-refractivity contribution in [2.24, 2.45) is 16.6 Å². The average Bonchev–Trinajstić information content (AvgIpc) is 3.19. The summed E-state index contributed by atoms with van der Waals surface area (Å²) >= 11 is 0.625. The van der Waals surface area contributed by atoms with Crippen molar-refractivity contribution < 1.29 is 27.4 Å². The quantitative estimate of drug-likeness (QED) is 0.334. The Morgan fingerprint density at radius 3 is 2.79 bits per heavy atom. The molecule has 0 saturated heterocycles. The number of halogens is 3. The van der Waals surface area contributed by atoms with Gasteiger partial charge in [-0.1, -0.05) is 11.8 Å². The Bertz CT molecular complexity index is 1570. The Hall–Kier alpha value is -3.78. The number of amidine groups is 1. The summed E-state index contributed by atoms with van der Waals surface area (Å²) in [6, 6.07) is 3.10. The van der Waals surface area contributed by atoms with Crippen LogP contribution in [-0.2, 0) is 18.6 Å². The summed E-state index contributed by atoms with van der Waals surface area (Å²) in [5.41, 5.74) is 6.01. The zero-order valence-corrected chi connectivity index (χ0v) is 20.6. The van der Waals surface area contributed by atoms with Gasteiger partial charge in [-0.25, -0.2) is 28.7 Å².